The molecule has 2 aromatic rings. The molecule has 17 heavy (non-hydrogen) atoms. The van der Waals surface area contributed by atoms with Gasteiger partial charge in [-0.2, -0.15) is 0 Å². The van der Waals surface area contributed by atoms with Gasteiger partial charge >= 0.3 is 0 Å². The van der Waals surface area contributed by atoms with Crippen molar-refractivity contribution in [1.82, 2.24) is 0 Å². The van der Waals surface area contributed by atoms with Crippen LogP contribution in [0.25, 0.3) is 0 Å². The minimum Gasteiger partial charge on any atom is -0.323 e. The SMILES string of the molecule is Cc1ccc(SCC(N)c2sccc2Br)cc1. The van der Waals surface area contributed by atoms with E-state index in [0.717, 1.165) is 10.2 Å². The fraction of sp³-hybridized carbons (Fsp3) is 0.231. The number of thioether (sulfide) groups is 1. The van der Waals surface area contributed by atoms with E-state index in [4.69, 9.17) is 5.73 Å². The maximum atomic E-state index is 6.18. The van der Waals surface area contributed by atoms with Gasteiger partial charge in [0.25, 0.3) is 0 Å². The van der Waals surface area contributed by atoms with Crippen molar-refractivity contribution in [3.63, 3.8) is 0 Å². The molecule has 4 heteroatoms. The third-order valence-corrected chi connectivity index (χ3v) is 5.57. The van der Waals surface area contributed by atoms with E-state index in [2.05, 4.69) is 58.6 Å². The number of rotatable bonds is 4. The van der Waals surface area contributed by atoms with E-state index in [-0.39, 0.29) is 6.04 Å². The monoisotopic (exact) mass is 327 g/mol. The van der Waals surface area contributed by atoms with Crippen LogP contribution in [0.3, 0.4) is 0 Å². The lowest BCUT2D eigenvalue weighted by molar-refractivity contribution is 0.847. The molecule has 2 rings (SSSR count). The van der Waals surface area contributed by atoms with Crippen LogP contribution in [0, 0.1) is 6.92 Å². The molecular formula is C13H14BrNS2. The summed E-state index contributed by atoms with van der Waals surface area (Å²) in [6, 6.07) is 10.7. The van der Waals surface area contributed by atoms with Crippen molar-refractivity contribution in [2.45, 2.75) is 17.9 Å². The summed E-state index contributed by atoms with van der Waals surface area (Å²) in [6.07, 6.45) is 0. The summed E-state index contributed by atoms with van der Waals surface area (Å²) >= 11 is 7.04. The van der Waals surface area contributed by atoms with Crippen LogP contribution in [0.5, 0.6) is 0 Å². The second kappa shape index (κ2) is 6.05. The Morgan fingerprint density at radius 3 is 2.59 bits per heavy atom. The number of nitrogens with two attached hydrogens (primary N) is 1. The molecule has 1 atom stereocenters. The molecule has 0 spiro atoms. The molecule has 0 bridgehead atoms. The minimum absolute atomic E-state index is 0.0932. The molecule has 1 aromatic carbocycles. The number of benzene rings is 1. The lowest BCUT2D eigenvalue weighted by atomic mass is 10.2. The van der Waals surface area contributed by atoms with Crippen LogP contribution >= 0.6 is 39.0 Å². The lowest BCUT2D eigenvalue weighted by Gasteiger charge is -2.10. The van der Waals surface area contributed by atoms with Crippen molar-refractivity contribution in [3.05, 3.63) is 50.6 Å². The number of aryl methyl sites for hydroxylation is 1. The van der Waals surface area contributed by atoms with Crippen molar-refractivity contribution >= 4 is 39.0 Å². The van der Waals surface area contributed by atoms with Gasteiger partial charge in [0.1, 0.15) is 0 Å². The third-order valence-electron chi connectivity index (χ3n) is 2.43. The number of hydrogen-bond donors (Lipinski definition) is 1. The summed E-state index contributed by atoms with van der Waals surface area (Å²) in [4.78, 5) is 2.50. The van der Waals surface area contributed by atoms with Gasteiger partial charge in [0.2, 0.25) is 0 Å². The summed E-state index contributed by atoms with van der Waals surface area (Å²) in [5.74, 6) is 0.905. The highest BCUT2D eigenvalue weighted by molar-refractivity contribution is 9.10. The Morgan fingerprint density at radius 1 is 1.29 bits per heavy atom. The maximum absolute atomic E-state index is 6.18. The van der Waals surface area contributed by atoms with Crippen LogP contribution in [0.2, 0.25) is 0 Å². The molecule has 90 valence electrons. The Kier molecular flexibility index (Phi) is 4.68. The molecule has 2 N–H and O–H groups in total. The van der Waals surface area contributed by atoms with E-state index in [1.165, 1.54) is 15.3 Å². The van der Waals surface area contributed by atoms with E-state index < -0.39 is 0 Å². The van der Waals surface area contributed by atoms with Crippen LogP contribution in [0.15, 0.2) is 45.1 Å². The Hall–Kier alpha value is -0.290. The smallest absolute Gasteiger partial charge is 0.0496 e. The largest absolute Gasteiger partial charge is 0.323 e. The molecular weight excluding hydrogens is 314 g/mol. The summed E-state index contributed by atoms with van der Waals surface area (Å²) < 4.78 is 1.12. The van der Waals surface area contributed by atoms with E-state index in [1.807, 2.05) is 0 Å². The van der Waals surface area contributed by atoms with Crippen LogP contribution in [0.4, 0.5) is 0 Å². The van der Waals surface area contributed by atoms with E-state index in [9.17, 15) is 0 Å². The van der Waals surface area contributed by atoms with Gasteiger partial charge in [-0.3, -0.25) is 0 Å². The molecule has 0 fully saturated rings. The standard InChI is InChI=1S/C13H14BrNS2/c1-9-2-4-10(5-3-9)17-8-12(15)13-11(14)6-7-16-13/h2-7,12H,8,15H2,1H3. The highest BCUT2D eigenvalue weighted by Crippen LogP contribution is 2.31. The number of hydrogen-bond acceptors (Lipinski definition) is 3. The fourth-order valence-corrected chi connectivity index (χ4v) is 4.11. The van der Waals surface area contributed by atoms with E-state index in [1.54, 1.807) is 23.1 Å². The number of halogens is 1. The Labute approximate surface area is 119 Å². The van der Waals surface area contributed by atoms with Crippen molar-refractivity contribution in [2.75, 3.05) is 5.75 Å². The predicted octanol–water partition coefficient (Wildman–Crippen LogP) is 4.61. The van der Waals surface area contributed by atoms with Gasteiger partial charge in [-0.15, -0.1) is 23.1 Å². The van der Waals surface area contributed by atoms with Crippen molar-refractivity contribution in [3.8, 4) is 0 Å². The Morgan fingerprint density at radius 2 is 2.00 bits per heavy atom. The van der Waals surface area contributed by atoms with Gasteiger partial charge in [0.15, 0.2) is 0 Å². The number of thiophene rings is 1. The van der Waals surface area contributed by atoms with Gasteiger partial charge in [-0.05, 0) is 46.4 Å². The van der Waals surface area contributed by atoms with Crippen LogP contribution < -0.4 is 5.73 Å². The molecule has 0 amide bonds. The fourth-order valence-electron chi connectivity index (χ4n) is 1.47. The first-order valence-electron chi connectivity index (χ1n) is 5.35. The van der Waals surface area contributed by atoms with Crippen molar-refractivity contribution in [2.24, 2.45) is 5.73 Å². The molecule has 1 unspecified atom stereocenters. The summed E-state index contributed by atoms with van der Waals surface area (Å²) in [5.41, 5.74) is 7.47. The van der Waals surface area contributed by atoms with Gasteiger partial charge in [-0.1, -0.05) is 17.7 Å². The zero-order chi connectivity index (χ0) is 12.3. The molecule has 1 aromatic heterocycles. The molecule has 0 radical (unpaired) electrons. The first-order chi connectivity index (χ1) is 8.16. The molecule has 0 aliphatic carbocycles. The lowest BCUT2D eigenvalue weighted by Crippen LogP contribution is -2.11. The van der Waals surface area contributed by atoms with Crippen molar-refractivity contribution < 1.29 is 0 Å². The third kappa shape index (κ3) is 3.58. The average molecular weight is 328 g/mol. The first kappa shape index (κ1) is 13.1. The second-order valence-corrected chi connectivity index (χ2v) is 6.76. The summed E-state index contributed by atoms with van der Waals surface area (Å²) in [6.45, 7) is 2.10. The summed E-state index contributed by atoms with van der Waals surface area (Å²) in [7, 11) is 0. The Bertz CT molecular complexity index is 478. The highest BCUT2D eigenvalue weighted by atomic mass is 79.9. The van der Waals surface area contributed by atoms with Crippen LogP contribution in [0.1, 0.15) is 16.5 Å². The molecule has 0 aliphatic heterocycles. The highest BCUT2D eigenvalue weighted by Gasteiger charge is 2.11. The first-order valence-corrected chi connectivity index (χ1v) is 8.00. The normalized spacial score (nSPS) is 12.6. The maximum Gasteiger partial charge on any atom is 0.0496 e. The van der Waals surface area contributed by atoms with Gasteiger partial charge in [0, 0.05) is 26.0 Å². The van der Waals surface area contributed by atoms with Gasteiger partial charge in [-0.25, -0.2) is 0 Å². The Balaban J connectivity index is 1.94. The predicted molar refractivity (Wildman–Crippen MR) is 80.9 cm³/mol. The van der Waals surface area contributed by atoms with Gasteiger partial charge < -0.3 is 5.73 Å². The quantitative estimate of drug-likeness (QED) is 0.830. The molecule has 0 saturated heterocycles. The minimum atomic E-state index is 0.0932. The molecule has 0 aliphatic rings. The van der Waals surface area contributed by atoms with Gasteiger partial charge in [0.05, 0.1) is 0 Å². The zero-order valence-corrected chi connectivity index (χ0v) is 12.7. The topological polar surface area (TPSA) is 26.0 Å². The van der Waals surface area contributed by atoms with Crippen LogP contribution in [-0.2, 0) is 0 Å². The molecule has 1 heterocycles. The second-order valence-electron chi connectivity index (χ2n) is 3.86. The molecule has 1 nitrogen and oxygen atoms in total. The zero-order valence-electron chi connectivity index (χ0n) is 9.52. The summed E-state index contributed by atoms with van der Waals surface area (Å²) in [5, 5.41) is 2.07. The molecule has 0 saturated carbocycles. The van der Waals surface area contributed by atoms with E-state index >= 15 is 0 Å². The van der Waals surface area contributed by atoms with E-state index in [0.29, 0.717) is 0 Å². The van der Waals surface area contributed by atoms with Crippen molar-refractivity contribution in [1.29, 1.82) is 0 Å². The van der Waals surface area contributed by atoms with Crippen LogP contribution in [-0.4, -0.2) is 5.75 Å². The average Bonchev–Trinajstić information content (AvgIpc) is 2.74.